The number of carbonyl (C=O) groups excluding carboxylic acids is 2. The first kappa shape index (κ1) is 22.8. The van der Waals surface area contributed by atoms with Crippen LogP contribution < -0.4 is 5.32 Å². The van der Waals surface area contributed by atoms with Gasteiger partial charge in [0.15, 0.2) is 5.69 Å². The molecule has 1 aliphatic heterocycles. The van der Waals surface area contributed by atoms with Crippen LogP contribution in [0.1, 0.15) is 67.3 Å². The minimum Gasteiger partial charge on any atom is -0.449 e. The molecule has 34 heavy (non-hydrogen) atoms. The van der Waals surface area contributed by atoms with E-state index in [0.29, 0.717) is 36.6 Å². The molecule has 2 N–H and O–H groups in total. The molecule has 0 radical (unpaired) electrons. The predicted molar refractivity (Wildman–Crippen MR) is 119 cm³/mol. The van der Waals surface area contributed by atoms with Crippen molar-refractivity contribution < 1.29 is 23.1 Å². The lowest BCUT2D eigenvalue weighted by atomic mass is 9.87. The molecule has 0 spiro atoms. The van der Waals surface area contributed by atoms with E-state index in [0.717, 1.165) is 25.7 Å². The zero-order valence-corrected chi connectivity index (χ0v) is 19.4. The van der Waals surface area contributed by atoms with Gasteiger partial charge in [-0.1, -0.05) is 20.3 Å². The number of alkyl halides is 2. The number of anilines is 1. The van der Waals surface area contributed by atoms with E-state index in [1.54, 1.807) is 28.9 Å². The highest BCUT2D eigenvalue weighted by atomic mass is 19.3. The van der Waals surface area contributed by atoms with Gasteiger partial charge >= 0.3 is 6.09 Å². The average molecular weight is 477 g/mol. The minimum atomic E-state index is -2.70. The number of H-pyrrole nitrogens is 1. The van der Waals surface area contributed by atoms with E-state index < -0.39 is 23.2 Å². The summed E-state index contributed by atoms with van der Waals surface area (Å²) >= 11 is 0. The number of halogens is 2. The highest BCUT2D eigenvalue weighted by Crippen LogP contribution is 2.70. The van der Waals surface area contributed by atoms with Gasteiger partial charge in [-0.25, -0.2) is 13.6 Å². The van der Waals surface area contributed by atoms with Crippen molar-refractivity contribution in [1.29, 1.82) is 0 Å². The summed E-state index contributed by atoms with van der Waals surface area (Å²) < 4.78 is 35.4. The van der Waals surface area contributed by atoms with Crippen LogP contribution in [0, 0.1) is 11.3 Å². The van der Waals surface area contributed by atoms with Crippen molar-refractivity contribution in [2.45, 2.75) is 64.3 Å². The van der Waals surface area contributed by atoms with Crippen LogP contribution in [0.3, 0.4) is 0 Å². The van der Waals surface area contributed by atoms with E-state index >= 15 is 0 Å². The number of carbonyl (C=O) groups is 2. The number of unbranched alkanes of at least 4 members (excludes halogenated alkanes) is 1. The molecule has 184 valence electrons. The Morgan fingerprint density at radius 1 is 1.32 bits per heavy atom. The van der Waals surface area contributed by atoms with Crippen LogP contribution in [0.4, 0.5) is 19.3 Å². The number of aromatic nitrogens is 4. The van der Waals surface area contributed by atoms with E-state index in [9.17, 15) is 18.4 Å². The molecule has 2 atom stereocenters. The second-order valence-corrected chi connectivity index (χ2v) is 9.85. The van der Waals surface area contributed by atoms with Crippen LogP contribution in [0.15, 0.2) is 12.4 Å². The summed E-state index contributed by atoms with van der Waals surface area (Å²) in [7, 11) is 0. The summed E-state index contributed by atoms with van der Waals surface area (Å²) in [5, 5.41) is 14.1. The van der Waals surface area contributed by atoms with Crippen molar-refractivity contribution in [3.63, 3.8) is 0 Å². The van der Waals surface area contributed by atoms with Crippen molar-refractivity contribution in [3.8, 4) is 0 Å². The molecular formula is C23H30F2N6O3. The number of hydrogen-bond donors (Lipinski definition) is 2. The molecule has 0 bridgehead atoms. The van der Waals surface area contributed by atoms with Crippen LogP contribution in [0.25, 0.3) is 0 Å². The third kappa shape index (κ3) is 3.74. The molecule has 0 unspecified atom stereocenters. The first-order valence-corrected chi connectivity index (χ1v) is 12.0. The third-order valence-corrected chi connectivity index (χ3v) is 7.68. The SMILES string of the molecule is CCCCOC(=O)N1CCC(n2cc(NC(=O)c3n[nH]c4c3C[C@@H]3C(F)(F)[C@]3(C)C4)cn2)CC1. The summed E-state index contributed by atoms with van der Waals surface area (Å²) in [6.45, 7) is 5.25. The highest BCUT2D eigenvalue weighted by Gasteiger charge is 2.78. The summed E-state index contributed by atoms with van der Waals surface area (Å²) in [5.41, 5.74) is 0.853. The zero-order valence-electron chi connectivity index (χ0n) is 19.4. The number of fused-ring (bicyclic) bond motifs is 2. The fourth-order valence-corrected chi connectivity index (χ4v) is 5.30. The number of nitrogens with zero attached hydrogens (tertiary/aromatic N) is 4. The largest absolute Gasteiger partial charge is 0.449 e. The van der Waals surface area contributed by atoms with Gasteiger partial charge < -0.3 is 15.0 Å². The molecule has 3 heterocycles. The summed E-state index contributed by atoms with van der Waals surface area (Å²) in [4.78, 5) is 26.7. The van der Waals surface area contributed by atoms with E-state index in [1.807, 2.05) is 6.92 Å². The molecule has 1 saturated heterocycles. The molecule has 1 saturated carbocycles. The molecule has 0 aromatic carbocycles. The summed E-state index contributed by atoms with van der Waals surface area (Å²) in [5.74, 6) is -3.88. The quantitative estimate of drug-likeness (QED) is 0.617. The van der Waals surface area contributed by atoms with Gasteiger partial charge in [-0.05, 0) is 25.7 Å². The monoisotopic (exact) mass is 476 g/mol. The molecule has 9 nitrogen and oxygen atoms in total. The topological polar surface area (TPSA) is 105 Å². The molecule has 2 aromatic heterocycles. The number of rotatable bonds is 6. The Balaban J connectivity index is 1.17. The molecule has 2 aromatic rings. The number of nitrogens with one attached hydrogen (secondary N) is 2. The lowest BCUT2D eigenvalue weighted by Gasteiger charge is -2.31. The lowest BCUT2D eigenvalue weighted by molar-refractivity contribution is 0.0630. The Hall–Kier alpha value is -2.98. The van der Waals surface area contributed by atoms with Gasteiger partial charge in [0.2, 0.25) is 0 Å². The smallest absolute Gasteiger partial charge is 0.409 e. The maximum Gasteiger partial charge on any atom is 0.409 e. The highest BCUT2D eigenvalue weighted by molar-refractivity contribution is 6.04. The Morgan fingerprint density at radius 3 is 2.82 bits per heavy atom. The molecule has 5 rings (SSSR count). The van der Waals surface area contributed by atoms with E-state index in [2.05, 4.69) is 20.6 Å². The molecule has 2 aliphatic carbocycles. The van der Waals surface area contributed by atoms with Gasteiger partial charge in [0.1, 0.15) is 0 Å². The third-order valence-electron chi connectivity index (χ3n) is 7.68. The van der Waals surface area contributed by atoms with Crippen molar-refractivity contribution in [3.05, 3.63) is 29.3 Å². The molecular weight excluding hydrogens is 446 g/mol. The summed E-state index contributed by atoms with van der Waals surface area (Å²) in [6, 6.07) is 0.110. The fraction of sp³-hybridized carbons (Fsp3) is 0.652. The number of likely N-dealkylation sites (tertiary alicyclic amines) is 1. The maximum atomic E-state index is 14.2. The normalized spacial score (nSPS) is 25.4. The first-order chi connectivity index (χ1) is 16.2. The number of ether oxygens (including phenoxy) is 1. The van der Waals surface area contributed by atoms with E-state index in [4.69, 9.17) is 4.74 Å². The summed E-state index contributed by atoms with van der Waals surface area (Å²) in [6.07, 6.45) is 6.70. The average Bonchev–Trinajstić information content (AvgIpc) is 3.25. The molecule has 3 aliphatic rings. The fourth-order valence-electron chi connectivity index (χ4n) is 5.30. The van der Waals surface area contributed by atoms with Gasteiger partial charge in [0.05, 0.1) is 24.5 Å². The second kappa shape index (κ2) is 8.35. The Bertz CT molecular complexity index is 1090. The van der Waals surface area contributed by atoms with Gasteiger partial charge in [-0.15, -0.1) is 0 Å². The minimum absolute atomic E-state index is 0.110. The van der Waals surface area contributed by atoms with Gasteiger partial charge in [-0.2, -0.15) is 10.2 Å². The number of hydrogen-bond acceptors (Lipinski definition) is 5. The molecule has 11 heteroatoms. The van der Waals surface area contributed by atoms with Gasteiger partial charge in [0.25, 0.3) is 11.8 Å². The standard InChI is InChI=1S/C23H30F2N6O3/c1-3-4-9-34-21(33)30-7-5-15(6-8-30)31-13-14(12-26-31)27-20(32)19-16-10-18-22(2,23(18,24)25)11-17(16)28-29-19/h12-13,15,18H,3-11H2,1-2H3,(H,27,32)(H,28,29)/t18-,22+/m0/s1. The van der Waals surface area contributed by atoms with Crippen molar-refractivity contribution in [1.82, 2.24) is 24.9 Å². The number of aromatic amines is 1. The van der Waals surface area contributed by atoms with Gasteiger partial charge in [-0.3, -0.25) is 14.6 Å². The van der Waals surface area contributed by atoms with Crippen molar-refractivity contribution in [2.75, 3.05) is 25.0 Å². The first-order valence-electron chi connectivity index (χ1n) is 12.0. The van der Waals surface area contributed by atoms with Crippen molar-refractivity contribution >= 4 is 17.7 Å². The van der Waals surface area contributed by atoms with Crippen LogP contribution in [0.2, 0.25) is 0 Å². The molecule has 2 amide bonds. The van der Waals surface area contributed by atoms with Crippen LogP contribution in [-0.4, -0.2) is 62.5 Å². The van der Waals surface area contributed by atoms with Crippen LogP contribution in [0.5, 0.6) is 0 Å². The van der Waals surface area contributed by atoms with Crippen LogP contribution in [-0.2, 0) is 17.6 Å². The number of amides is 2. The zero-order chi connectivity index (χ0) is 24.1. The maximum absolute atomic E-state index is 14.2. The Kier molecular flexibility index (Phi) is 5.60. The molecule has 2 fully saturated rings. The predicted octanol–water partition coefficient (Wildman–Crippen LogP) is 3.80. The lowest BCUT2D eigenvalue weighted by Crippen LogP contribution is -2.39. The van der Waals surface area contributed by atoms with E-state index in [1.165, 1.54) is 0 Å². The number of piperidine rings is 1. The van der Waals surface area contributed by atoms with Crippen molar-refractivity contribution in [2.24, 2.45) is 11.3 Å². The van der Waals surface area contributed by atoms with Crippen LogP contribution >= 0.6 is 0 Å². The Labute approximate surface area is 196 Å². The second-order valence-electron chi connectivity index (χ2n) is 9.85. The van der Waals surface area contributed by atoms with Gasteiger partial charge in [0, 0.05) is 48.3 Å². The Morgan fingerprint density at radius 2 is 2.09 bits per heavy atom. The van der Waals surface area contributed by atoms with E-state index in [-0.39, 0.29) is 30.7 Å².